The van der Waals surface area contributed by atoms with Crippen LogP contribution in [0.15, 0.2) is 41.4 Å². The summed E-state index contributed by atoms with van der Waals surface area (Å²) >= 11 is 0. The van der Waals surface area contributed by atoms with E-state index in [2.05, 4.69) is 65.9 Å². The molecule has 5 unspecified atom stereocenters. The van der Waals surface area contributed by atoms with Gasteiger partial charge in [0, 0.05) is 26.7 Å². The molecule has 1 heterocycles. The molecule has 2 fully saturated rings. The van der Waals surface area contributed by atoms with Gasteiger partial charge in [0.05, 0.1) is 11.8 Å². The van der Waals surface area contributed by atoms with E-state index in [1.165, 1.54) is 16.0 Å². The van der Waals surface area contributed by atoms with Crippen LogP contribution in [0.3, 0.4) is 0 Å². The summed E-state index contributed by atoms with van der Waals surface area (Å²) < 4.78 is 0. The van der Waals surface area contributed by atoms with Crippen molar-refractivity contribution < 1.29 is 9.59 Å². The normalized spacial score (nSPS) is 28.2. The molecule has 1 saturated carbocycles. The number of hydrogen-bond acceptors (Lipinski definition) is 3. The van der Waals surface area contributed by atoms with E-state index >= 15 is 0 Å². The molecule has 6 heteroatoms. The van der Waals surface area contributed by atoms with Crippen LogP contribution < -0.4 is 10.6 Å². The van der Waals surface area contributed by atoms with Gasteiger partial charge in [0.1, 0.15) is 0 Å². The van der Waals surface area contributed by atoms with Crippen molar-refractivity contribution in [1.29, 1.82) is 0 Å². The minimum Gasteiger partial charge on any atom is -0.356 e. The van der Waals surface area contributed by atoms with Gasteiger partial charge < -0.3 is 10.6 Å². The van der Waals surface area contributed by atoms with E-state index in [4.69, 9.17) is 0 Å². The van der Waals surface area contributed by atoms with Crippen molar-refractivity contribution in [3.05, 3.63) is 47.5 Å². The van der Waals surface area contributed by atoms with Crippen LogP contribution in [-0.4, -0.2) is 49.4 Å². The first-order valence-corrected chi connectivity index (χ1v) is 11.0. The second kappa shape index (κ2) is 8.62. The monoisotopic (exact) mass is 408 g/mol. The van der Waals surface area contributed by atoms with Gasteiger partial charge in [-0.15, -0.1) is 0 Å². The Bertz CT molecular complexity index is 830. The largest absolute Gasteiger partial charge is 0.356 e. The molecule has 6 nitrogen and oxygen atoms in total. The summed E-state index contributed by atoms with van der Waals surface area (Å²) in [6.07, 6.45) is 5.96. The highest BCUT2D eigenvalue weighted by Gasteiger charge is 2.58. The van der Waals surface area contributed by atoms with Gasteiger partial charge in [-0.25, -0.2) is 0 Å². The number of allylic oxidation sites excluding steroid dienone is 2. The lowest BCUT2D eigenvalue weighted by molar-refractivity contribution is -0.140. The highest BCUT2D eigenvalue weighted by molar-refractivity contribution is 6.06. The molecule has 3 aliphatic rings. The summed E-state index contributed by atoms with van der Waals surface area (Å²) in [5.74, 6) is 1.54. The molecule has 5 atom stereocenters. The lowest BCUT2D eigenvalue weighted by Crippen LogP contribution is -2.41. The first kappa shape index (κ1) is 20.6. The molecule has 1 saturated heterocycles. The number of aryl methyl sites for hydroxylation is 1. The van der Waals surface area contributed by atoms with Crippen LogP contribution in [0.4, 0.5) is 0 Å². The number of aliphatic imine (C=N–C) groups is 1. The Labute approximate surface area is 178 Å². The van der Waals surface area contributed by atoms with Crippen LogP contribution in [0.2, 0.25) is 0 Å². The maximum Gasteiger partial charge on any atom is 0.233 e. The number of nitrogens with zero attached hydrogens (tertiary/aromatic N) is 2. The van der Waals surface area contributed by atoms with Crippen molar-refractivity contribution in [2.45, 2.75) is 32.6 Å². The summed E-state index contributed by atoms with van der Waals surface area (Å²) in [5, 5.41) is 6.66. The lowest BCUT2D eigenvalue weighted by Gasteiger charge is -2.19. The van der Waals surface area contributed by atoms with Gasteiger partial charge in [0.15, 0.2) is 5.96 Å². The number of fused-ring (bicyclic) bond motifs is 5. The number of guanidine groups is 1. The first-order valence-electron chi connectivity index (χ1n) is 11.0. The highest BCUT2D eigenvalue weighted by Crippen LogP contribution is 2.52. The van der Waals surface area contributed by atoms with Gasteiger partial charge in [-0.05, 0) is 43.1 Å². The average Bonchev–Trinajstić information content (AvgIpc) is 3.43. The van der Waals surface area contributed by atoms with Crippen molar-refractivity contribution >= 4 is 17.8 Å². The molecule has 2 bridgehead atoms. The topological polar surface area (TPSA) is 73.8 Å². The van der Waals surface area contributed by atoms with Crippen molar-refractivity contribution in [3.63, 3.8) is 0 Å². The summed E-state index contributed by atoms with van der Waals surface area (Å²) in [6.45, 7) is 6.21. The number of carbonyl (C=O) groups is 2. The fourth-order valence-electron chi connectivity index (χ4n) is 5.11. The van der Waals surface area contributed by atoms with Crippen LogP contribution in [-0.2, 0) is 9.59 Å². The number of carbonyl (C=O) groups excluding carboxylic acids is 2. The zero-order valence-electron chi connectivity index (χ0n) is 18.1. The standard InChI is InChI=1S/C24H32N4O2/c1-15-5-7-17(8-6-15)16(2)14-27-24(25-3)26-11-4-12-28-22(29)20-18-9-10-19(13-18)21(20)23(28)30/h5-10,16,18-21H,4,11-14H2,1-3H3,(H2,25,26,27). The van der Waals surface area contributed by atoms with Gasteiger partial charge in [0.2, 0.25) is 11.8 Å². The van der Waals surface area contributed by atoms with E-state index in [1.54, 1.807) is 7.05 Å². The fraction of sp³-hybridized carbons (Fsp3) is 0.542. The Balaban J connectivity index is 1.20. The van der Waals surface area contributed by atoms with E-state index in [0.717, 1.165) is 18.9 Å². The third kappa shape index (κ3) is 3.87. The predicted molar refractivity (Wildman–Crippen MR) is 118 cm³/mol. The Morgan fingerprint density at radius 2 is 1.73 bits per heavy atom. The van der Waals surface area contributed by atoms with Gasteiger partial charge in [-0.1, -0.05) is 48.9 Å². The summed E-state index contributed by atoms with van der Waals surface area (Å²) in [6, 6.07) is 8.60. The third-order valence-corrected chi connectivity index (χ3v) is 6.86. The van der Waals surface area contributed by atoms with E-state index in [1.807, 2.05) is 0 Å². The van der Waals surface area contributed by atoms with Crippen LogP contribution >= 0.6 is 0 Å². The number of amides is 2. The average molecular weight is 409 g/mol. The van der Waals surface area contributed by atoms with E-state index in [9.17, 15) is 9.59 Å². The molecule has 160 valence electrons. The molecule has 1 aliphatic heterocycles. The molecule has 1 aromatic rings. The molecule has 1 aromatic carbocycles. The number of imide groups is 1. The molecule has 2 aliphatic carbocycles. The van der Waals surface area contributed by atoms with Crippen LogP contribution in [0, 0.1) is 30.6 Å². The van der Waals surface area contributed by atoms with Crippen LogP contribution in [0.1, 0.15) is 36.8 Å². The predicted octanol–water partition coefficient (Wildman–Crippen LogP) is 2.46. The number of benzene rings is 1. The second-order valence-electron chi connectivity index (χ2n) is 8.87. The quantitative estimate of drug-likeness (QED) is 0.239. The van der Waals surface area contributed by atoms with Crippen molar-refractivity contribution in [3.8, 4) is 0 Å². The summed E-state index contributed by atoms with van der Waals surface area (Å²) in [5.41, 5.74) is 2.56. The van der Waals surface area contributed by atoms with Crippen molar-refractivity contribution in [2.75, 3.05) is 26.7 Å². The highest BCUT2D eigenvalue weighted by atomic mass is 16.2. The Kier molecular flexibility index (Phi) is 5.93. The minimum absolute atomic E-state index is 0.0382. The molecule has 0 aromatic heterocycles. The third-order valence-electron chi connectivity index (χ3n) is 6.86. The molecule has 30 heavy (non-hydrogen) atoms. The van der Waals surface area contributed by atoms with Crippen LogP contribution in [0.5, 0.6) is 0 Å². The van der Waals surface area contributed by atoms with Crippen LogP contribution in [0.25, 0.3) is 0 Å². The SMILES string of the molecule is CN=C(NCCCN1C(=O)C2C3C=CC(C3)C2C1=O)NCC(C)c1ccc(C)cc1. The fourth-order valence-corrected chi connectivity index (χ4v) is 5.11. The maximum absolute atomic E-state index is 12.7. The Morgan fingerprint density at radius 1 is 1.10 bits per heavy atom. The second-order valence-corrected chi connectivity index (χ2v) is 8.87. The van der Waals surface area contributed by atoms with E-state index < -0.39 is 0 Å². The van der Waals surface area contributed by atoms with Crippen molar-refractivity contribution in [1.82, 2.24) is 15.5 Å². The molecule has 4 rings (SSSR count). The first-order chi connectivity index (χ1) is 14.5. The minimum atomic E-state index is -0.0989. The van der Waals surface area contributed by atoms with E-state index in [0.29, 0.717) is 25.4 Å². The zero-order chi connectivity index (χ0) is 21.3. The van der Waals surface area contributed by atoms with E-state index in [-0.39, 0.29) is 35.5 Å². The molecule has 2 amide bonds. The van der Waals surface area contributed by atoms with Gasteiger partial charge >= 0.3 is 0 Å². The molecular formula is C24H32N4O2. The molecule has 0 spiro atoms. The molecular weight excluding hydrogens is 376 g/mol. The molecule has 2 N–H and O–H groups in total. The zero-order valence-corrected chi connectivity index (χ0v) is 18.1. The lowest BCUT2D eigenvalue weighted by atomic mass is 9.85. The smallest absolute Gasteiger partial charge is 0.233 e. The number of rotatable bonds is 7. The maximum atomic E-state index is 12.7. The number of nitrogens with one attached hydrogen (secondary N) is 2. The summed E-state index contributed by atoms with van der Waals surface area (Å²) in [4.78, 5) is 31.2. The van der Waals surface area contributed by atoms with Gasteiger partial charge in [-0.2, -0.15) is 0 Å². The van der Waals surface area contributed by atoms with Crippen molar-refractivity contribution in [2.24, 2.45) is 28.7 Å². The van der Waals surface area contributed by atoms with Gasteiger partial charge in [-0.3, -0.25) is 19.5 Å². The molecule has 0 radical (unpaired) electrons. The Morgan fingerprint density at radius 3 is 2.33 bits per heavy atom. The number of likely N-dealkylation sites (tertiary alicyclic amines) is 1. The Hall–Kier alpha value is -2.63. The van der Waals surface area contributed by atoms with Gasteiger partial charge in [0.25, 0.3) is 0 Å². The summed E-state index contributed by atoms with van der Waals surface area (Å²) in [7, 11) is 1.75. The number of hydrogen-bond donors (Lipinski definition) is 2.